The van der Waals surface area contributed by atoms with Crippen LogP contribution in [0.1, 0.15) is 35.1 Å². The summed E-state index contributed by atoms with van der Waals surface area (Å²) in [7, 11) is 0. The Balaban J connectivity index is 2.52. The van der Waals surface area contributed by atoms with Crippen molar-refractivity contribution in [3.05, 3.63) is 34.4 Å². The molecule has 1 nitrogen and oxygen atoms in total. The van der Waals surface area contributed by atoms with E-state index in [1.54, 1.807) is 5.56 Å². The second kappa shape index (κ2) is 3.15. The van der Waals surface area contributed by atoms with Gasteiger partial charge in [0.05, 0.1) is 0 Å². The first-order chi connectivity index (χ1) is 6.18. The van der Waals surface area contributed by atoms with E-state index in [-0.39, 0.29) is 0 Å². The minimum atomic E-state index is 0.669. The van der Waals surface area contributed by atoms with Crippen LogP contribution in [0.3, 0.4) is 0 Å². The van der Waals surface area contributed by atoms with E-state index in [9.17, 15) is 0 Å². The smallest absolute Gasteiger partial charge is 0.0208 e. The molecule has 1 aliphatic heterocycles. The molecule has 2 rings (SSSR count). The van der Waals surface area contributed by atoms with Crippen LogP contribution in [0.25, 0.3) is 0 Å². The minimum absolute atomic E-state index is 0.669. The third kappa shape index (κ3) is 1.49. The third-order valence-electron chi connectivity index (χ3n) is 3.05. The number of aryl methyl sites for hydroxylation is 2. The van der Waals surface area contributed by atoms with Crippen molar-refractivity contribution in [2.75, 3.05) is 6.54 Å². The van der Waals surface area contributed by atoms with Crippen LogP contribution in [0.15, 0.2) is 12.1 Å². The number of benzene rings is 1. The molecule has 1 aromatic carbocycles. The summed E-state index contributed by atoms with van der Waals surface area (Å²) < 4.78 is 0. The Morgan fingerprint density at radius 3 is 2.69 bits per heavy atom. The minimum Gasteiger partial charge on any atom is -0.312 e. The molecular formula is C12H17N. The van der Waals surface area contributed by atoms with E-state index in [0.29, 0.717) is 5.92 Å². The van der Waals surface area contributed by atoms with Crippen LogP contribution in [-0.4, -0.2) is 6.54 Å². The summed E-state index contributed by atoms with van der Waals surface area (Å²) >= 11 is 0. The van der Waals surface area contributed by atoms with Gasteiger partial charge in [-0.3, -0.25) is 0 Å². The molecule has 0 aromatic heterocycles. The predicted octanol–water partition coefficient (Wildman–Crippen LogP) is 2.51. The first-order valence-electron chi connectivity index (χ1n) is 4.99. The van der Waals surface area contributed by atoms with Crippen LogP contribution in [0.5, 0.6) is 0 Å². The Hall–Kier alpha value is -0.820. The number of hydrogen-bond acceptors (Lipinski definition) is 1. The lowest BCUT2D eigenvalue weighted by Gasteiger charge is -2.24. The third-order valence-corrected chi connectivity index (χ3v) is 3.05. The number of rotatable bonds is 0. The van der Waals surface area contributed by atoms with Gasteiger partial charge in [-0.1, -0.05) is 19.1 Å². The van der Waals surface area contributed by atoms with E-state index in [2.05, 4.69) is 38.2 Å². The molecular weight excluding hydrogens is 158 g/mol. The number of nitrogens with one attached hydrogen (secondary N) is 1. The lowest BCUT2D eigenvalue weighted by atomic mass is 9.89. The summed E-state index contributed by atoms with van der Waals surface area (Å²) in [5.41, 5.74) is 5.87. The van der Waals surface area contributed by atoms with E-state index < -0.39 is 0 Å². The topological polar surface area (TPSA) is 12.0 Å². The van der Waals surface area contributed by atoms with Crippen molar-refractivity contribution in [3.8, 4) is 0 Å². The van der Waals surface area contributed by atoms with Gasteiger partial charge in [-0.05, 0) is 42.0 Å². The fourth-order valence-corrected chi connectivity index (χ4v) is 2.04. The van der Waals surface area contributed by atoms with Crippen molar-refractivity contribution in [3.63, 3.8) is 0 Å². The first-order valence-corrected chi connectivity index (χ1v) is 4.99. The fourth-order valence-electron chi connectivity index (χ4n) is 2.04. The maximum Gasteiger partial charge on any atom is 0.0208 e. The first kappa shape index (κ1) is 8.76. The maximum atomic E-state index is 3.44. The van der Waals surface area contributed by atoms with Gasteiger partial charge >= 0.3 is 0 Å². The number of hydrogen-bond donors (Lipinski definition) is 1. The van der Waals surface area contributed by atoms with Crippen LogP contribution in [-0.2, 0) is 6.54 Å². The summed E-state index contributed by atoms with van der Waals surface area (Å²) in [5, 5.41) is 3.44. The van der Waals surface area contributed by atoms with Crippen molar-refractivity contribution in [1.29, 1.82) is 0 Å². The molecule has 0 fully saturated rings. The zero-order valence-electron chi connectivity index (χ0n) is 8.65. The van der Waals surface area contributed by atoms with Crippen LogP contribution < -0.4 is 5.32 Å². The molecule has 0 bridgehead atoms. The summed E-state index contributed by atoms with van der Waals surface area (Å²) in [6.07, 6.45) is 0. The van der Waals surface area contributed by atoms with E-state index in [0.717, 1.165) is 13.1 Å². The van der Waals surface area contributed by atoms with Gasteiger partial charge in [-0.25, -0.2) is 0 Å². The van der Waals surface area contributed by atoms with E-state index in [1.165, 1.54) is 16.7 Å². The number of fused-ring (bicyclic) bond motifs is 1. The Morgan fingerprint density at radius 1 is 1.23 bits per heavy atom. The molecule has 13 heavy (non-hydrogen) atoms. The van der Waals surface area contributed by atoms with Gasteiger partial charge in [-0.2, -0.15) is 0 Å². The highest BCUT2D eigenvalue weighted by molar-refractivity contribution is 5.40. The van der Waals surface area contributed by atoms with Crippen molar-refractivity contribution in [2.24, 2.45) is 0 Å². The molecule has 1 atom stereocenters. The molecule has 0 radical (unpaired) electrons. The summed E-state index contributed by atoms with van der Waals surface area (Å²) in [4.78, 5) is 0. The second-order valence-corrected chi connectivity index (χ2v) is 4.17. The molecule has 1 aliphatic rings. The fraction of sp³-hybridized carbons (Fsp3) is 0.500. The molecule has 1 heterocycles. The molecule has 0 amide bonds. The van der Waals surface area contributed by atoms with Gasteiger partial charge in [0.1, 0.15) is 0 Å². The molecule has 0 saturated carbocycles. The lowest BCUT2D eigenvalue weighted by molar-refractivity contribution is 0.570. The zero-order valence-corrected chi connectivity index (χ0v) is 8.65. The molecule has 0 aliphatic carbocycles. The van der Waals surface area contributed by atoms with E-state index >= 15 is 0 Å². The van der Waals surface area contributed by atoms with Gasteiger partial charge in [0, 0.05) is 13.1 Å². The predicted molar refractivity (Wildman–Crippen MR) is 56.0 cm³/mol. The average Bonchev–Trinajstić information content (AvgIpc) is 2.09. The van der Waals surface area contributed by atoms with Crippen molar-refractivity contribution < 1.29 is 0 Å². The van der Waals surface area contributed by atoms with Gasteiger partial charge in [0.25, 0.3) is 0 Å². The van der Waals surface area contributed by atoms with Gasteiger partial charge in [0.15, 0.2) is 0 Å². The molecule has 1 aromatic rings. The van der Waals surface area contributed by atoms with Crippen LogP contribution in [0.2, 0.25) is 0 Å². The van der Waals surface area contributed by atoms with E-state index in [4.69, 9.17) is 0 Å². The Bertz CT molecular complexity index is 328. The van der Waals surface area contributed by atoms with E-state index in [1.807, 2.05) is 0 Å². The summed E-state index contributed by atoms with van der Waals surface area (Å²) in [5.74, 6) is 0.669. The molecule has 1 N–H and O–H groups in total. The maximum absolute atomic E-state index is 3.44. The normalized spacial score (nSPS) is 21.3. The van der Waals surface area contributed by atoms with Crippen molar-refractivity contribution in [1.82, 2.24) is 5.32 Å². The van der Waals surface area contributed by atoms with Crippen LogP contribution in [0.4, 0.5) is 0 Å². The highest BCUT2D eigenvalue weighted by atomic mass is 14.9. The quantitative estimate of drug-likeness (QED) is 0.639. The molecule has 0 saturated heterocycles. The largest absolute Gasteiger partial charge is 0.312 e. The Morgan fingerprint density at radius 2 is 1.92 bits per heavy atom. The van der Waals surface area contributed by atoms with Crippen molar-refractivity contribution >= 4 is 0 Å². The lowest BCUT2D eigenvalue weighted by Crippen LogP contribution is -2.26. The standard InChI is InChI=1S/C12H17N/c1-8-4-11-7-13-6-10(3)12(11)5-9(8)2/h4-5,10,13H,6-7H2,1-3H3. The van der Waals surface area contributed by atoms with Gasteiger partial charge in [0.2, 0.25) is 0 Å². The van der Waals surface area contributed by atoms with Crippen molar-refractivity contribution in [2.45, 2.75) is 33.2 Å². The average molecular weight is 175 g/mol. The Labute approximate surface area is 80.2 Å². The van der Waals surface area contributed by atoms with Crippen LogP contribution >= 0.6 is 0 Å². The molecule has 1 heteroatoms. The molecule has 0 spiro atoms. The SMILES string of the molecule is Cc1cc2c(cc1C)C(C)CNC2. The highest BCUT2D eigenvalue weighted by Gasteiger charge is 2.16. The van der Waals surface area contributed by atoms with Crippen LogP contribution in [0, 0.1) is 13.8 Å². The zero-order chi connectivity index (χ0) is 9.42. The summed E-state index contributed by atoms with van der Waals surface area (Å²) in [6.45, 7) is 8.84. The second-order valence-electron chi connectivity index (χ2n) is 4.17. The monoisotopic (exact) mass is 175 g/mol. The highest BCUT2D eigenvalue weighted by Crippen LogP contribution is 2.26. The summed E-state index contributed by atoms with van der Waals surface area (Å²) in [6, 6.07) is 4.68. The molecule has 70 valence electrons. The van der Waals surface area contributed by atoms with Gasteiger partial charge < -0.3 is 5.32 Å². The Kier molecular flexibility index (Phi) is 2.12. The van der Waals surface area contributed by atoms with Gasteiger partial charge in [-0.15, -0.1) is 0 Å². The molecule has 1 unspecified atom stereocenters.